The van der Waals surface area contributed by atoms with Gasteiger partial charge in [-0.15, -0.1) is 0 Å². The van der Waals surface area contributed by atoms with Crippen LogP contribution >= 0.6 is 0 Å². The fourth-order valence-corrected chi connectivity index (χ4v) is 3.85. The molecule has 1 heterocycles. The predicted octanol–water partition coefficient (Wildman–Crippen LogP) is 4.08. The summed E-state index contributed by atoms with van der Waals surface area (Å²) in [5.41, 5.74) is 7.90. The molecule has 0 radical (unpaired) electrons. The molecule has 0 bridgehead atoms. The molecule has 0 aromatic carbocycles. The van der Waals surface area contributed by atoms with Crippen molar-refractivity contribution in [2.75, 3.05) is 0 Å². The fourth-order valence-electron chi connectivity index (χ4n) is 3.85. The lowest BCUT2D eigenvalue weighted by Gasteiger charge is -2.40. The van der Waals surface area contributed by atoms with E-state index in [9.17, 15) is 0 Å². The highest BCUT2D eigenvalue weighted by molar-refractivity contribution is 5.08. The van der Waals surface area contributed by atoms with Gasteiger partial charge in [0.2, 0.25) is 0 Å². The molecule has 1 saturated carbocycles. The molecule has 0 spiro atoms. The van der Waals surface area contributed by atoms with Crippen LogP contribution in [0.1, 0.15) is 77.5 Å². The zero-order chi connectivity index (χ0) is 14.6. The molecule has 0 aliphatic heterocycles. The van der Waals surface area contributed by atoms with Gasteiger partial charge in [-0.2, -0.15) is 5.10 Å². The molecule has 114 valence electrons. The highest BCUT2D eigenvalue weighted by Crippen LogP contribution is 2.36. The molecule has 20 heavy (non-hydrogen) atoms. The maximum atomic E-state index is 6.75. The molecule has 0 saturated heterocycles. The Morgan fingerprint density at radius 1 is 1.35 bits per heavy atom. The van der Waals surface area contributed by atoms with Crippen LogP contribution in [0.25, 0.3) is 0 Å². The predicted molar refractivity (Wildman–Crippen MR) is 84.7 cm³/mol. The van der Waals surface area contributed by atoms with Gasteiger partial charge in [0.05, 0.1) is 11.7 Å². The smallest absolute Gasteiger partial charge is 0.0643 e. The summed E-state index contributed by atoms with van der Waals surface area (Å²) in [6, 6.07) is 2.71. The van der Waals surface area contributed by atoms with Gasteiger partial charge in [-0.1, -0.05) is 40.0 Å². The van der Waals surface area contributed by atoms with Crippen LogP contribution in [-0.2, 0) is 6.42 Å². The van der Waals surface area contributed by atoms with Crippen molar-refractivity contribution in [3.05, 3.63) is 18.0 Å². The largest absolute Gasteiger partial charge is 0.324 e. The molecule has 0 amide bonds. The van der Waals surface area contributed by atoms with Crippen LogP contribution in [0, 0.1) is 5.92 Å². The zero-order valence-electron chi connectivity index (χ0n) is 13.4. The van der Waals surface area contributed by atoms with Gasteiger partial charge in [0, 0.05) is 18.2 Å². The normalized spacial score (nSPS) is 27.1. The van der Waals surface area contributed by atoms with Gasteiger partial charge < -0.3 is 5.73 Å². The number of rotatable bonds is 6. The Kier molecular flexibility index (Phi) is 5.25. The summed E-state index contributed by atoms with van der Waals surface area (Å²) in [6.07, 6.45) is 11.6. The molecule has 2 atom stereocenters. The van der Waals surface area contributed by atoms with E-state index in [-0.39, 0.29) is 5.54 Å². The molecule has 1 aliphatic rings. The van der Waals surface area contributed by atoms with E-state index in [1.807, 2.05) is 0 Å². The molecule has 1 fully saturated rings. The monoisotopic (exact) mass is 277 g/mol. The van der Waals surface area contributed by atoms with Crippen LogP contribution in [0.3, 0.4) is 0 Å². The van der Waals surface area contributed by atoms with E-state index in [1.165, 1.54) is 31.4 Å². The standard InChI is InChI=1S/C17H31N3/c1-4-14-9-7-8-11-17(14,18)13-15-10-12-20(19-15)16(5-2)6-3/h10,12,14,16H,4-9,11,13,18H2,1-3H3. The van der Waals surface area contributed by atoms with Crippen molar-refractivity contribution in [3.63, 3.8) is 0 Å². The third-order valence-electron chi connectivity index (χ3n) is 5.24. The Hall–Kier alpha value is -0.830. The highest BCUT2D eigenvalue weighted by atomic mass is 15.3. The lowest BCUT2D eigenvalue weighted by molar-refractivity contribution is 0.180. The van der Waals surface area contributed by atoms with Crippen molar-refractivity contribution < 1.29 is 0 Å². The average molecular weight is 277 g/mol. The number of hydrogen-bond acceptors (Lipinski definition) is 2. The molecular formula is C17H31N3. The van der Waals surface area contributed by atoms with Gasteiger partial charge in [0.25, 0.3) is 0 Å². The van der Waals surface area contributed by atoms with E-state index in [0.29, 0.717) is 12.0 Å². The Morgan fingerprint density at radius 3 is 2.75 bits per heavy atom. The Labute approximate surface area is 123 Å². The van der Waals surface area contributed by atoms with Crippen molar-refractivity contribution in [3.8, 4) is 0 Å². The van der Waals surface area contributed by atoms with Crippen LogP contribution < -0.4 is 5.73 Å². The molecule has 2 rings (SSSR count). The molecule has 2 N–H and O–H groups in total. The maximum Gasteiger partial charge on any atom is 0.0643 e. The fraction of sp³-hybridized carbons (Fsp3) is 0.824. The number of aromatic nitrogens is 2. The van der Waals surface area contributed by atoms with Gasteiger partial charge in [-0.25, -0.2) is 0 Å². The number of nitrogens with two attached hydrogens (primary N) is 1. The van der Waals surface area contributed by atoms with E-state index in [1.54, 1.807) is 0 Å². The second-order valence-corrected chi connectivity index (χ2v) is 6.52. The van der Waals surface area contributed by atoms with Crippen LogP contribution in [-0.4, -0.2) is 15.3 Å². The Morgan fingerprint density at radius 2 is 2.10 bits per heavy atom. The molecule has 3 heteroatoms. The Bertz CT molecular complexity index is 408. The summed E-state index contributed by atoms with van der Waals surface area (Å²) < 4.78 is 2.14. The molecule has 3 nitrogen and oxygen atoms in total. The van der Waals surface area contributed by atoms with E-state index in [2.05, 4.69) is 37.7 Å². The number of hydrogen-bond donors (Lipinski definition) is 1. The summed E-state index contributed by atoms with van der Waals surface area (Å²) in [5, 5.41) is 4.80. The molecule has 1 aromatic heterocycles. The summed E-state index contributed by atoms with van der Waals surface area (Å²) in [7, 11) is 0. The average Bonchev–Trinajstić information content (AvgIpc) is 2.88. The summed E-state index contributed by atoms with van der Waals surface area (Å²) in [4.78, 5) is 0. The van der Waals surface area contributed by atoms with E-state index >= 15 is 0 Å². The van der Waals surface area contributed by atoms with Crippen LogP contribution in [0.15, 0.2) is 12.3 Å². The van der Waals surface area contributed by atoms with Crippen LogP contribution in [0.4, 0.5) is 0 Å². The lowest BCUT2D eigenvalue weighted by atomic mass is 9.70. The first kappa shape index (κ1) is 15.6. The quantitative estimate of drug-likeness (QED) is 0.851. The molecule has 1 aliphatic carbocycles. The van der Waals surface area contributed by atoms with E-state index in [4.69, 9.17) is 10.8 Å². The third kappa shape index (κ3) is 3.25. The second kappa shape index (κ2) is 6.75. The molecular weight excluding hydrogens is 246 g/mol. The first-order valence-electron chi connectivity index (χ1n) is 8.45. The minimum absolute atomic E-state index is 0.0277. The van der Waals surface area contributed by atoms with Gasteiger partial charge in [-0.05, 0) is 37.7 Å². The van der Waals surface area contributed by atoms with Crippen LogP contribution in [0.5, 0.6) is 0 Å². The summed E-state index contributed by atoms with van der Waals surface area (Å²) >= 11 is 0. The lowest BCUT2D eigenvalue weighted by Crippen LogP contribution is -2.51. The Balaban J connectivity index is 2.08. The zero-order valence-corrected chi connectivity index (χ0v) is 13.4. The summed E-state index contributed by atoms with van der Waals surface area (Å²) in [6.45, 7) is 6.74. The van der Waals surface area contributed by atoms with Crippen molar-refractivity contribution in [1.82, 2.24) is 9.78 Å². The topological polar surface area (TPSA) is 43.8 Å². The first-order valence-corrected chi connectivity index (χ1v) is 8.45. The first-order chi connectivity index (χ1) is 9.62. The van der Waals surface area contributed by atoms with Gasteiger partial charge in [0.1, 0.15) is 0 Å². The van der Waals surface area contributed by atoms with Gasteiger partial charge in [0.15, 0.2) is 0 Å². The van der Waals surface area contributed by atoms with Gasteiger partial charge in [-0.3, -0.25) is 4.68 Å². The third-order valence-corrected chi connectivity index (χ3v) is 5.24. The second-order valence-electron chi connectivity index (χ2n) is 6.52. The molecule has 1 aromatic rings. The van der Waals surface area contributed by atoms with E-state index in [0.717, 1.165) is 25.7 Å². The van der Waals surface area contributed by atoms with Crippen molar-refractivity contribution in [1.29, 1.82) is 0 Å². The van der Waals surface area contributed by atoms with E-state index < -0.39 is 0 Å². The van der Waals surface area contributed by atoms with Crippen LogP contribution in [0.2, 0.25) is 0 Å². The SMILES string of the molecule is CCC(CC)n1ccc(CC2(N)CCCCC2CC)n1. The maximum absolute atomic E-state index is 6.75. The van der Waals surface area contributed by atoms with Crippen molar-refractivity contribution >= 4 is 0 Å². The molecule has 2 unspecified atom stereocenters. The van der Waals surface area contributed by atoms with Crippen molar-refractivity contribution in [2.24, 2.45) is 11.7 Å². The number of nitrogens with zero attached hydrogens (tertiary/aromatic N) is 2. The van der Waals surface area contributed by atoms with Crippen molar-refractivity contribution in [2.45, 2.75) is 83.7 Å². The summed E-state index contributed by atoms with van der Waals surface area (Å²) in [5.74, 6) is 0.662. The van der Waals surface area contributed by atoms with Gasteiger partial charge >= 0.3 is 0 Å². The highest BCUT2D eigenvalue weighted by Gasteiger charge is 2.36. The minimum atomic E-state index is -0.0277. The minimum Gasteiger partial charge on any atom is -0.324 e.